The Morgan fingerprint density at radius 1 is 1.44 bits per heavy atom. The number of rotatable bonds is 6. The number of aromatic nitrogens is 1. The second-order valence-corrected chi connectivity index (χ2v) is 4.99. The summed E-state index contributed by atoms with van der Waals surface area (Å²) < 4.78 is 29.4. The summed E-state index contributed by atoms with van der Waals surface area (Å²) in [5, 5.41) is 4.39. The van der Waals surface area contributed by atoms with Crippen molar-refractivity contribution in [2.75, 3.05) is 25.1 Å². The monoisotopic (exact) mass is 292 g/mol. The highest BCUT2D eigenvalue weighted by atomic mass is 35.5. The fourth-order valence-corrected chi connectivity index (χ4v) is 2.42. The maximum Gasteiger partial charge on any atom is 0.261 e. The molecular formula is C11H11ClF2N2OS. The van der Waals surface area contributed by atoms with Crippen LogP contribution in [-0.2, 0) is 4.74 Å². The zero-order chi connectivity index (χ0) is 13.0. The number of alkyl halides is 2. The van der Waals surface area contributed by atoms with Gasteiger partial charge in [0.2, 0.25) is 0 Å². The molecule has 0 atom stereocenters. The normalized spacial score (nSPS) is 11.3. The summed E-state index contributed by atoms with van der Waals surface area (Å²) in [6.07, 6.45) is -2.42. The van der Waals surface area contributed by atoms with Gasteiger partial charge in [-0.25, -0.2) is 13.8 Å². The molecule has 0 radical (unpaired) electrons. The predicted octanol–water partition coefficient (Wildman–Crippen LogP) is 3.64. The van der Waals surface area contributed by atoms with Crippen molar-refractivity contribution in [2.45, 2.75) is 6.43 Å². The number of ether oxygens (including phenoxy) is 1. The van der Waals surface area contributed by atoms with Gasteiger partial charge in [-0.2, -0.15) is 0 Å². The van der Waals surface area contributed by atoms with E-state index in [9.17, 15) is 8.78 Å². The minimum atomic E-state index is -2.42. The van der Waals surface area contributed by atoms with Gasteiger partial charge in [-0.1, -0.05) is 22.9 Å². The lowest BCUT2D eigenvalue weighted by Gasteiger charge is -2.03. The van der Waals surface area contributed by atoms with Gasteiger partial charge in [-0.3, -0.25) is 0 Å². The van der Waals surface area contributed by atoms with E-state index in [1.807, 2.05) is 6.07 Å². The van der Waals surface area contributed by atoms with E-state index in [4.69, 9.17) is 16.3 Å². The number of anilines is 1. The number of fused-ring (bicyclic) bond motifs is 1. The maximum absolute atomic E-state index is 11.8. The zero-order valence-electron chi connectivity index (χ0n) is 9.33. The van der Waals surface area contributed by atoms with Gasteiger partial charge < -0.3 is 10.1 Å². The molecule has 0 saturated heterocycles. The topological polar surface area (TPSA) is 34.1 Å². The second-order valence-electron chi connectivity index (χ2n) is 3.52. The van der Waals surface area contributed by atoms with Crippen LogP contribution in [0.1, 0.15) is 0 Å². The molecule has 1 aromatic heterocycles. The van der Waals surface area contributed by atoms with E-state index >= 15 is 0 Å². The Morgan fingerprint density at radius 3 is 3.06 bits per heavy atom. The molecule has 0 saturated carbocycles. The van der Waals surface area contributed by atoms with Gasteiger partial charge in [0.25, 0.3) is 6.43 Å². The first-order chi connectivity index (χ1) is 8.65. The molecule has 0 bridgehead atoms. The van der Waals surface area contributed by atoms with Crippen molar-refractivity contribution in [1.29, 1.82) is 0 Å². The van der Waals surface area contributed by atoms with E-state index in [1.54, 1.807) is 12.1 Å². The first-order valence-corrected chi connectivity index (χ1v) is 6.50. The van der Waals surface area contributed by atoms with E-state index in [0.29, 0.717) is 11.6 Å². The summed E-state index contributed by atoms with van der Waals surface area (Å²) >= 11 is 7.34. The molecular weight excluding hydrogens is 282 g/mol. The van der Waals surface area contributed by atoms with Crippen LogP contribution in [0.25, 0.3) is 10.2 Å². The Morgan fingerprint density at radius 2 is 2.28 bits per heavy atom. The summed E-state index contributed by atoms with van der Waals surface area (Å²) in [7, 11) is 0. The lowest BCUT2D eigenvalue weighted by atomic mass is 10.3. The minimum absolute atomic E-state index is 0.223. The molecule has 0 aliphatic carbocycles. The van der Waals surface area contributed by atoms with Crippen molar-refractivity contribution < 1.29 is 13.5 Å². The average molecular weight is 293 g/mol. The largest absolute Gasteiger partial charge is 0.374 e. The molecule has 0 aliphatic heterocycles. The summed E-state index contributed by atoms with van der Waals surface area (Å²) in [6.45, 7) is 0.137. The highest BCUT2D eigenvalue weighted by Crippen LogP contribution is 2.27. The Labute approximate surface area is 112 Å². The number of hydrogen-bond acceptors (Lipinski definition) is 4. The van der Waals surface area contributed by atoms with Crippen LogP contribution >= 0.6 is 22.9 Å². The standard InChI is InChI=1S/C11H11ClF2N2OS/c12-7-1-2-9-8(5-7)16-11(18-9)15-3-4-17-6-10(13)14/h1-2,5,10H,3-4,6H2,(H,15,16). The van der Waals surface area contributed by atoms with Crippen LogP contribution in [0.5, 0.6) is 0 Å². The fourth-order valence-electron chi connectivity index (χ4n) is 1.38. The van der Waals surface area contributed by atoms with E-state index in [2.05, 4.69) is 10.3 Å². The fraction of sp³-hybridized carbons (Fsp3) is 0.364. The Bertz CT molecular complexity index is 521. The average Bonchev–Trinajstić information content (AvgIpc) is 2.70. The predicted molar refractivity (Wildman–Crippen MR) is 69.9 cm³/mol. The number of nitrogens with one attached hydrogen (secondary N) is 1. The molecule has 3 nitrogen and oxygen atoms in total. The van der Waals surface area contributed by atoms with Crippen LogP contribution in [0.3, 0.4) is 0 Å². The third-order valence-corrected chi connectivity index (χ3v) is 3.35. The smallest absolute Gasteiger partial charge is 0.261 e. The maximum atomic E-state index is 11.8. The first kappa shape index (κ1) is 13.5. The zero-order valence-corrected chi connectivity index (χ0v) is 10.9. The third-order valence-electron chi connectivity index (χ3n) is 2.12. The minimum Gasteiger partial charge on any atom is -0.374 e. The van der Waals surface area contributed by atoms with Crippen LogP contribution < -0.4 is 5.32 Å². The molecule has 0 unspecified atom stereocenters. The van der Waals surface area contributed by atoms with Crippen molar-refractivity contribution in [1.82, 2.24) is 4.98 Å². The number of halogens is 3. The van der Waals surface area contributed by atoms with Gasteiger partial charge in [0.1, 0.15) is 6.61 Å². The number of thiazole rings is 1. The van der Waals surface area contributed by atoms with Crippen LogP contribution in [0.15, 0.2) is 18.2 Å². The van der Waals surface area contributed by atoms with Gasteiger partial charge in [0.05, 0.1) is 16.8 Å². The van der Waals surface area contributed by atoms with E-state index in [0.717, 1.165) is 15.3 Å². The number of nitrogens with zero attached hydrogens (tertiary/aromatic N) is 1. The molecule has 18 heavy (non-hydrogen) atoms. The molecule has 0 aliphatic rings. The summed E-state index contributed by atoms with van der Waals surface area (Å²) in [6, 6.07) is 5.48. The second kappa shape index (κ2) is 6.26. The Kier molecular flexibility index (Phi) is 4.68. The molecule has 0 amide bonds. The molecule has 1 heterocycles. The van der Waals surface area contributed by atoms with Crippen molar-refractivity contribution in [3.63, 3.8) is 0 Å². The van der Waals surface area contributed by atoms with E-state index in [1.165, 1.54) is 11.3 Å². The third kappa shape index (κ3) is 3.76. The quantitative estimate of drug-likeness (QED) is 0.825. The summed E-state index contributed by atoms with van der Waals surface area (Å²) in [5.41, 5.74) is 0.823. The van der Waals surface area contributed by atoms with E-state index in [-0.39, 0.29) is 6.61 Å². The van der Waals surface area contributed by atoms with Gasteiger partial charge in [-0.05, 0) is 18.2 Å². The van der Waals surface area contributed by atoms with Gasteiger partial charge in [-0.15, -0.1) is 0 Å². The van der Waals surface area contributed by atoms with Crippen molar-refractivity contribution >= 4 is 38.3 Å². The van der Waals surface area contributed by atoms with Gasteiger partial charge in [0, 0.05) is 11.6 Å². The molecule has 7 heteroatoms. The molecule has 0 fully saturated rings. The number of hydrogen-bond donors (Lipinski definition) is 1. The lowest BCUT2D eigenvalue weighted by molar-refractivity contribution is 0.0215. The first-order valence-electron chi connectivity index (χ1n) is 5.31. The van der Waals surface area contributed by atoms with Gasteiger partial charge >= 0.3 is 0 Å². The molecule has 2 rings (SSSR count). The summed E-state index contributed by atoms with van der Waals surface area (Å²) in [5.74, 6) is 0. The van der Waals surface area contributed by atoms with Crippen LogP contribution in [-0.4, -0.2) is 31.2 Å². The Balaban J connectivity index is 1.84. The van der Waals surface area contributed by atoms with Crippen molar-refractivity contribution in [3.8, 4) is 0 Å². The van der Waals surface area contributed by atoms with Gasteiger partial charge in [0.15, 0.2) is 5.13 Å². The van der Waals surface area contributed by atoms with Crippen LogP contribution in [0.2, 0.25) is 5.02 Å². The van der Waals surface area contributed by atoms with E-state index < -0.39 is 13.0 Å². The Hall–Kier alpha value is -0.980. The van der Waals surface area contributed by atoms with Crippen molar-refractivity contribution in [3.05, 3.63) is 23.2 Å². The molecule has 1 N–H and O–H groups in total. The molecule has 98 valence electrons. The SMILES string of the molecule is FC(F)COCCNc1nc2cc(Cl)ccc2s1. The highest BCUT2D eigenvalue weighted by molar-refractivity contribution is 7.22. The van der Waals surface area contributed by atoms with Crippen LogP contribution in [0.4, 0.5) is 13.9 Å². The molecule has 1 aromatic carbocycles. The van der Waals surface area contributed by atoms with Crippen molar-refractivity contribution in [2.24, 2.45) is 0 Å². The number of benzene rings is 1. The van der Waals surface area contributed by atoms with Crippen LogP contribution in [0, 0.1) is 0 Å². The highest BCUT2D eigenvalue weighted by Gasteiger charge is 2.04. The lowest BCUT2D eigenvalue weighted by Crippen LogP contribution is -2.12. The molecule has 0 spiro atoms. The molecule has 2 aromatic rings. The summed E-state index contributed by atoms with van der Waals surface area (Å²) in [4.78, 5) is 4.33.